The number of nitrogens with two attached hydrogens (primary N) is 1. The van der Waals surface area contributed by atoms with E-state index in [2.05, 4.69) is 10.3 Å². The van der Waals surface area contributed by atoms with Crippen molar-refractivity contribution >= 4 is 22.4 Å². The molecule has 3 N–H and O–H groups in total. The summed E-state index contributed by atoms with van der Waals surface area (Å²) in [6.07, 6.45) is 2.53. The molecule has 19 heavy (non-hydrogen) atoms. The number of nitrogens with one attached hydrogen (secondary N) is 1. The fraction of sp³-hybridized carbons (Fsp3) is 0.133. The summed E-state index contributed by atoms with van der Waals surface area (Å²) in [6, 6.07) is 13.6. The first kappa shape index (κ1) is 11.6. The molecule has 0 atom stereocenters. The number of hydrogen-bond donors (Lipinski definition) is 2. The molecular formula is C15H15N3O. The molecule has 4 heteroatoms. The summed E-state index contributed by atoms with van der Waals surface area (Å²) in [6.45, 7) is 0.793. The first-order valence-electron chi connectivity index (χ1n) is 6.24. The number of pyridine rings is 1. The van der Waals surface area contributed by atoms with Gasteiger partial charge in [0.25, 0.3) is 0 Å². The first-order chi connectivity index (χ1) is 9.31. The van der Waals surface area contributed by atoms with Crippen molar-refractivity contribution in [1.82, 2.24) is 4.98 Å². The minimum atomic E-state index is 0.757. The lowest BCUT2D eigenvalue weighted by Gasteiger charge is -2.06. The molecule has 2 aromatic heterocycles. The molecule has 0 amide bonds. The summed E-state index contributed by atoms with van der Waals surface area (Å²) in [5.74, 6) is 1.84. The highest BCUT2D eigenvalue weighted by Crippen LogP contribution is 2.17. The molecule has 96 valence electrons. The van der Waals surface area contributed by atoms with Crippen LogP contribution in [0.2, 0.25) is 0 Å². The quantitative estimate of drug-likeness (QED) is 0.701. The highest BCUT2D eigenvalue weighted by Gasteiger charge is 2.00. The van der Waals surface area contributed by atoms with E-state index in [-0.39, 0.29) is 0 Å². The minimum Gasteiger partial charge on any atom is -0.469 e. The van der Waals surface area contributed by atoms with Crippen molar-refractivity contribution in [3.63, 3.8) is 0 Å². The smallest absolute Gasteiger partial charge is 0.126 e. The van der Waals surface area contributed by atoms with Gasteiger partial charge in [-0.3, -0.25) is 0 Å². The number of nitrogens with zero attached hydrogens (tertiary/aromatic N) is 1. The molecule has 3 aromatic rings. The second kappa shape index (κ2) is 5.02. The molecule has 0 aliphatic heterocycles. The van der Waals surface area contributed by atoms with Gasteiger partial charge in [0.1, 0.15) is 11.6 Å². The van der Waals surface area contributed by atoms with Crippen molar-refractivity contribution in [1.29, 1.82) is 0 Å². The molecule has 0 spiro atoms. The van der Waals surface area contributed by atoms with Crippen molar-refractivity contribution in [3.05, 3.63) is 54.5 Å². The van der Waals surface area contributed by atoms with E-state index in [0.29, 0.717) is 0 Å². The molecule has 4 nitrogen and oxygen atoms in total. The third-order valence-electron chi connectivity index (χ3n) is 2.97. The Bertz CT molecular complexity index is 677. The van der Waals surface area contributed by atoms with Gasteiger partial charge in [-0.05, 0) is 42.5 Å². The zero-order valence-corrected chi connectivity index (χ0v) is 10.5. The highest BCUT2D eigenvalue weighted by atomic mass is 16.3. The Hall–Kier alpha value is -2.49. The molecule has 0 saturated carbocycles. The number of aromatic nitrogens is 1. The van der Waals surface area contributed by atoms with E-state index >= 15 is 0 Å². The predicted molar refractivity (Wildman–Crippen MR) is 77.1 cm³/mol. The Labute approximate surface area is 111 Å². The maximum absolute atomic E-state index is 5.74. The predicted octanol–water partition coefficient (Wildman–Crippen LogP) is 3.06. The Morgan fingerprint density at radius 2 is 2.11 bits per heavy atom. The van der Waals surface area contributed by atoms with Crippen molar-refractivity contribution in [2.45, 2.75) is 6.42 Å². The summed E-state index contributed by atoms with van der Waals surface area (Å²) < 4.78 is 5.28. The van der Waals surface area contributed by atoms with Crippen molar-refractivity contribution in [3.8, 4) is 0 Å². The van der Waals surface area contributed by atoms with Gasteiger partial charge in [-0.2, -0.15) is 0 Å². The molecule has 0 bridgehead atoms. The van der Waals surface area contributed by atoms with Crippen LogP contribution in [0, 0.1) is 0 Å². The molecule has 0 aliphatic rings. The number of rotatable bonds is 4. The summed E-state index contributed by atoms with van der Waals surface area (Å²) in [5, 5.41) is 4.34. The monoisotopic (exact) mass is 253 g/mol. The SMILES string of the molecule is Nc1ccc2nc(NCCc3ccco3)ccc2c1. The standard InChI is InChI=1S/C15H15N3O/c16-12-4-5-14-11(10-12)3-6-15(18-14)17-8-7-13-2-1-9-19-13/h1-6,9-10H,7-8,16H2,(H,17,18). The van der Waals surface area contributed by atoms with E-state index in [1.807, 2.05) is 42.5 Å². The number of fused-ring (bicyclic) bond motifs is 1. The van der Waals surface area contributed by atoms with Gasteiger partial charge in [0, 0.05) is 24.0 Å². The molecule has 1 aromatic carbocycles. The Morgan fingerprint density at radius 1 is 1.16 bits per heavy atom. The van der Waals surface area contributed by atoms with Gasteiger partial charge < -0.3 is 15.5 Å². The van der Waals surface area contributed by atoms with E-state index < -0.39 is 0 Å². The van der Waals surface area contributed by atoms with Crippen LogP contribution in [-0.2, 0) is 6.42 Å². The van der Waals surface area contributed by atoms with Gasteiger partial charge in [-0.15, -0.1) is 0 Å². The summed E-state index contributed by atoms with van der Waals surface area (Å²) in [4.78, 5) is 4.54. The van der Waals surface area contributed by atoms with Crippen molar-refractivity contribution < 1.29 is 4.42 Å². The first-order valence-corrected chi connectivity index (χ1v) is 6.24. The zero-order valence-electron chi connectivity index (χ0n) is 10.5. The van der Waals surface area contributed by atoms with E-state index in [0.717, 1.165) is 41.1 Å². The van der Waals surface area contributed by atoms with Gasteiger partial charge in [-0.25, -0.2) is 4.98 Å². The molecule has 3 rings (SSSR count). The summed E-state index contributed by atoms with van der Waals surface area (Å²) >= 11 is 0. The average Bonchev–Trinajstić information content (AvgIpc) is 2.92. The highest BCUT2D eigenvalue weighted by molar-refractivity contribution is 5.83. The second-order valence-electron chi connectivity index (χ2n) is 4.40. The Balaban J connectivity index is 1.69. The average molecular weight is 253 g/mol. The molecular weight excluding hydrogens is 238 g/mol. The van der Waals surface area contributed by atoms with E-state index in [9.17, 15) is 0 Å². The van der Waals surface area contributed by atoms with Crippen LogP contribution in [0.25, 0.3) is 10.9 Å². The third-order valence-corrected chi connectivity index (χ3v) is 2.97. The molecule has 0 fully saturated rings. The molecule has 0 radical (unpaired) electrons. The van der Waals surface area contributed by atoms with Crippen molar-refractivity contribution in [2.75, 3.05) is 17.6 Å². The Morgan fingerprint density at radius 3 is 2.95 bits per heavy atom. The number of nitrogen functional groups attached to an aromatic ring is 1. The number of hydrogen-bond acceptors (Lipinski definition) is 4. The normalized spacial score (nSPS) is 10.7. The van der Waals surface area contributed by atoms with Gasteiger partial charge in [-0.1, -0.05) is 0 Å². The maximum Gasteiger partial charge on any atom is 0.126 e. The fourth-order valence-corrected chi connectivity index (χ4v) is 2.01. The van der Waals surface area contributed by atoms with Gasteiger partial charge in [0.15, 0.2) is 0 Å². The van der Waals surface area contributed by atoms with Crippen LogP contribution < -0.4 is 11.1 Å². The van der Waals surface area contributed by atoms with Crippen LogP contribution in [0.4, 0.5) is 11.5 Å². The molecule has 0 aliphatic carbocycles. The molecule has 0 unspecified atom stereocenters. The number of anilines is 2. The van der Waals surface area contributed by atoms with Gasteiger partial charge in [0.2, 0.25) is 0 Å². The van der Waals surface area contributed by atoms with Crippen LogP contribution in [0.1, 0.15) is 5.76 Å². The lowest BCUT2D eigenvalue weighted by atomic mass is 10.2. The molecule has 2 heterocycles. The largest absolute Gasteiger partial charge is 0.469 e. The van der Waals surface area contributed by atoms with Crippen LogP contribution in [0.5, 0.6) is 0 Å². The number of furan rings is 1. The third kappa shape index (κ3) is 2.68. The van der Waals surface area contributed by atoms with Crippen LogP contribution in [0.3, 0.4) is 0 Å². The van der Waals surface area contributed by atoms with Crippen molar-refractivity contribution in [2.24, 2.45) is 0 Å². The van der Waals surface area contributed by atoms with Crippen LogP contribution in [-0.4, -0.2) is 11.5 Å². The van der Waals surface area contributed by atoms with Gasteiger partial charge in [0.05, 0.1) is 11.8 Å². The maximum atomic E-state index is 5.74. The van der Waals surface area contributed by atoms with E-state index in [4.69, 9.17) is 10.2 Å². The summed E-state index contributed by atoms with van der Waals surface area (Å²) in [5.41, 5.74) is 7.44. The van der Waals surface area contributed by atoms with E-state index in [1.165, 1.54) is 0 Å². The molecule has 0 saturated heterocycles. The lowest BCUT2D eigenvalue weighted by Crippen LogP contribution is -2.05. The topological polar surface area (TPSA) is 64.1 Å². The number of benzene rings is 1. The van der Waals surface area contributed by atoms with Crippen LogP contribution >= 0.6 is 0 Å². The van der Waals surface area contributed by atoms with Crippen LogP contribution in [0.15, 0.2) is 53.1 Å². The minimum absolute atomic E-state index is 0.757. The fourth-order valence-electron chi connectivity index (χ4n) is 2.01. The summed E-state index contributed by atoms with van der Waals surface area (Å²) in [7, 11) is 0. The van der Waals surface area contributed by atoms with Gasteiger partial charge >= 0.3 is 0 Å². The second-order valence-corrected chi connectivity index (χ2v) is 4.40. The lowest BCUT2D eigenvalue weighted by molar-refractivity contribution is 0.513. The Kier molecular flexibility index (Phi) is 3.06. The van der Waals surface area contributed by atoms with E-state index in [1.54, 1.807) is 6.26 Å². The zero-order chi connectivity index (χ0) is 13.1.